The zero-order valence-electron chi connectivity index (χ0n) is 10.7. The van der Waals surface area contributed by atoms with Crippen LogP contribution in [0.2, 0.25) is 0 Å². The summed E-state index contributed by atoms with van der Waals surface area (Å²) < 4.78 is 2.03. The third-order valence-corrected chi connectivity index (χ3v) is 3.14. The van der Waals surface area contributed by atoms with Gasteiger partial charge in [-0.15, -0.1) is 0 Å². The fraction of sp³-hybridized carbons (Fsp3) is 0.462. The first kappa shape index (κ1) is 13.0. The van der Waals surface area contributed by atoms with Crippen molar-refractivity contribution in [2.24, 2.45) is 7.05 Å². The van der Waals surface area contributed by atoms with Gasteiger partial charge in [0, 0.05) is 7.05 Å². The lowest BCUT2D eigenvalue weighted by atomic mass is 10.2. The van der Waals surface area contributed by atoms with Gasteiger partial charge in [-0.05, 0) is 19.1 Å². The number of aliphatic hydroxyl groups is 2. The molecular weight excluding hydrogens is 230 g/mol. The molecule has 0 aliphatic rings. The number of aromatic nitrogens is 2. The van der Waals surface area contributed by atoms with E-state index in [1.165, 1.54) is 0 Å². The van der Waals surface area contributed by atoms with Crippen LogP contribution in [0.5, 0.6) is 0 Å². The van der Waals surface area contributed by atoms with Crippen LogP contribution in [0.4, 0.5) is 0 Å². The average molecular weight is 249 g/mol. The van der Waals surface area contributed by atoms with Gasteiger partial charge in [0.1, 0.15) is 5.82 Å². The lowest BCUT2D eigenvalue weighted by Crippen LogP contribution is -2.38. The molecule has 0 aliphatic carbocycles. The van der Waals surface area contributed by atoms with Crippen molar-refractivity contribution in [3.63, 3.8) is 0 Å². The van der Waals surface area contributed by atoms with E-state index >= 15 is 0 Å². The number of rotatable bonds is 5. The normalized spacial score (nSPS) is 13.4. The molecule has 1 aromatic heterocycles. The van der Waals surface area contributed by atoms with E-state index in [2.05, 4.69) is 10.3 Å². The predicted molar refractivity (Wildman–Crippen MR) is 70.2 cm³/mol. The van der Waals surface area contributed by atoms with Gasteiger partial charge in [0.25, 0.3) is 0 Å². The van der Waals surface area contributed by atoms with Crippen LogP contribution in [0.25, 0.3) is 11.0 Å². The Morgan fingerprint density at radius 1 is 1.28 bits per heavy atom. The minimum absolute atomic E-state index is 0.0355. The Morgan fingerprint density at radius 2 is 1.94 bits per heavy atom. The standard InChI is InChI=1S/C13H19N3O2/c1-9(14-10(7-17)8-18)13-15-11-5-3-4-6-12(11)16(13)2/h3-6,9-10,14,17-18H,7-8H2,1-2H3. The van der Waals surface area contributed by atoms with Crippen molar-refractivity contribution in [2.75, 3.05) is 13.2 Å². The van der Waals surface area contributed by atoms with Crippen molar-refractivity contribution in [3.05, 3.63) is 30.1 Å². The molecule has 0 bridgehead atoms. The van der Waals surface area contributed by atoms with Gasteiger partial charge in [-0.2, -0.15) is 0 Å². The highest BCUT2D eigenvalue weighted by Crippen LogP contribution is 2.19. The highest BCUT2D eigenvalue weighted by Gasteiger charge is 2.17. The first-order valence-electron chi connectivity index (χ1n) is 6.06. The summed E-state index contributed by atoms with van der Waals surface area (Å²) >= 11 is 0. The maximum absolute atomic E-state index is 9.08. The Kier molecular flexibility index (Phi) is 3.96. The van der Waals surface area contributed by atoms with Crippen molar-refractivity contribution in [2.45, 2.75) is 19.0 Å². The highest BCUT2D eigenvalue weighted by molar-refractivity contribution is 5.75. The molecule has 2 aromatic rings. The molecule has 18 heavy (non-hydrogen) atoms. The number of imidazole rings is 1. The molecule has 3 N–H and O–H groups in total. The second-order valence-corrected chi connectivity index (χ2v) is 4.47. The number of hydrogen-bond donors (Lipinski definition) is 3. The third-order valence-electron chi connectivity index (χ3n) is 3.14. The van der Waals surface area contributed by atoms with Crippen LogP contribution in [0.15, 0.2) is 24.3 Å². The Balaban J connectivity index is 2.27. The Hall–Kier alpha value is -1.43. The van der Waals surface area contributed by atoms with Gasteiger partial charge in [0.05, 0.1) is 36.3 Å². The molecule has 1 aromatic carbocycles. The van der Waals surface area contributed by atoms with Gasteiger partial charge in [0.15, 0.2) is 0 Å². The number of aryl methyl sites for hydroxylation is 1. The fourth-order valence-corrected chi connectivity index (χ4v) is 2.14. The summed E-state index contributed by atoms with van der Waals surface area (Å²) in [7, 11) is 1.97. The van der Waals surface area contributed by atoms with Gasteiger partial charge in [-0.3, -0.25) is 0 Å². The summed E-state index contributed by atoms with van der Waals surface area (Å²) in [5, 5.41) is 21.3. The Morgan fingerprint density at radius 3 is 2.56 bits per heavy atom. The van der Waals surface area contributed by atoms with E-state index in [0.717, 1.165) is 16.9 Å². The second-order valence-electron chi connectivity index (χ2n) is 4.47. The molecule has 0 aliphatic heterocycles. The van der Waals surface area contributed by atoms with Gasteiger partial charge >= 0.3 is 0 Å². The molecule has 0 fully saturated rings. The summed E-state index contributed by atoms with van der Waals surface area (Å²) in [5.74, 6) is 0.892. The summed E-state index contributed by atoms with van der Waals surface area (Å²) in [4.78, 5) is 4.57. The monoisotopic (exact) mass is 249 g/mol. The maximum Gasteiger partial charge on any atom is 0.126 e. The molecule has 5 heteroatoms. The van der Waals surface area contributed by atoms with Gasteiger partial charge in [0.2, 0.25) is 0 Å². The van der Waals surface area contributed by atoms with E-state index in [4.69, 9.17) is 10.2 Å². The Labute approximate surface area is 106 Å². The average Bonchev–Trinajstić information content (AvgIpc) is 2.74. The summed E-state index contributed by atoms with van der Waals surface area (Å²) in [6.45, 7) is 1.79. The lowest BCUT2D eigenvalue weighted by molar-refractivity contribution is 0.162. The number of nitrogens with one attached hydrogen (secondary N) is 1. The van der Waals surface area contributed by atoms with Crippen LogP contribution in [-0.2, 0) is 7.05 Å². The first-order chi connectivity index (χ1) is 8.67. The molecule has 1 unspecified atom stereocenters. The van der Waals surface area contributed by atoms with E-state index in [0.29, 0.717) is 0 Å². The molecule has 5 nitrogen and oxygen atoms in total. The van der Waals surface area contributed by atoms with Crippen molar-refractivity contribution < 1.29 is 10.2 Å². The van der Waals surface area contributed by atoms with Crippen molar-refractivity contribution >= 4 is 11.0 Å². The smallest absolute Gasteiger partial charge is 0.126 e. The number of benzene rings is 1. The molecule has 0 saturated heterocycles. The van der Waals surface area contributed by atoms with Crippen LogP contribution < -0.4 is 5.32 Å². The summed E-state index contributed by atoms with van der Waals surface area (Å²) in [6.07, 6.45) is 0. The van der Waals surface area contributed by atoms with Crippen molar-refractivity contribution in [1.29, 1.82) is 0 Å². The highest BCUT2D eigenvalue weighted by atomic mass is 16.3. The quantitative estimate of drug-likeness (QED) is 0.725. The number of hydrogen-bond acceptors (Lipinski definition) is 4. The number of nitrogens with zero attached hydrogens (tertiary/aromatic N) is 2. The molecule has 98 valence electrons. The van der Waals surface area contributed by atoms with Crippen LogP contribution in [0, 0.1) is 0 Å². The molecule has 2 rings (SSSR count). The molecule has 0 saturated carbocycles. The van der Waals surface area contributed by atoms with Crippen LogP contribution >= 0.6 is 0 Å². The topological polar surface area (TPSA) is 70.3 Å². The van der Waals surface area contributed by atoms with Gasteiger partial charge in [-0.1, -0.05) is 12.1 Å². The van der Waals surface area contributed by atoms with Crippen LogP contribution in [-0.4, -0.2) is 39.0 Å². The molecule has 0 spiro atoms. The van der Waals surface area contributed by atoms with Crippen molar-refractivity contribution in [1.82, 2.24) is 14.9 Å². The van der Waals surface area contributed by atoms with E-state index < -0.39 is 0 Å². The zero-order valence-corrected chi connectivity index (χ0v) is 10.7. The molecule has 1 heterocycles. The summed E-state index contributed by atoms with van der Waals surface area (Å²) in [5.41, 5.74) is 2.03. The maximum atomic E-state index is 9.08. The van der Waals surface area contributed by atoms with E-state index in [1.807, 2.05) is 42.8 Å². The molecular formula is C13H19N3O2. The van der Waals surface area contributed by atoms with E-state index in [1.54, 1.807) is 0 Å². The number of para-hydroxylation sites is 2. The first-order valence-corrected chi connectivity index (χ1v) is 6.06. The van der Waals surface area contributed by atoms with Gasteiger partial charge < -0.3 is 20.1 Å². The van der Waals surface area contributed by atoms with E-state index in [9.17, 15) is 0 Å². The number of fused-ring (bicyclic) bond motifs is 1. The third kappa shape index (κ3) is 2.38. The molecule has 0 amide bonds. The Bertz CT molecular complexity index is 520. The largest absolute Gasteiger partial charge is 0.395 e. The zero-order chi connectivity index (χ0) is 13.1. The molecule has 0 radical (unpaired) electrons. The SMILES string of the molecule is CC(NC(CO)CO)c1nc2ccccc2n1C. The lowest BCUT2D eigenvalue weighted by Gasteiger charge is -2.19. The van der Waals surface area contributed by atoms with E-state index in [-0.39, 0.29) is 25.3 Å². The van der Waals surface area contributed by atoms with Crippen molar-refractivity contribution in [3.8, 4) is 0 Å². The summed E-state index contributed by atoms with van der Waals surface area (Å²) in [6, 6.07) is 7.58. The predicted octanol–water partition coefficient (Wildman–Crippen LogP) is 0.577. The minimum atomic E-state index is -0.320. The van der Waals surface area contributed by atoms with Gasteiger partial charge in [-0.25, -0.2) is 4.98 Å². The second kappa shape index (κ2) is 5.48. The number of aliphatic hydroxyl groups excluding tert-OH is 2. The fourth-order valence-electron chi connectivity index (χ4n) is 2.14. The van der Waals surface area contributed by atoms with Crippen LogP contribution in [0.3, 0.4) is 0 Å². The minimum Gasteiger partial charge on any atom is -0.395 e. The van der Waals surface area contributed by atoms with Crippen LogP contribution in [0.1, 0.15) is 18.8 Å². The molecule has 1 atom stereocenters.